The molecule has 0 saturated heterocycles. The lowest BCUT2D eigenvalue weighted by molar-refractivity contribution is -0.122. The third kappa shape index (κ3) is 4.20. The Morgan fingerprint density at radius 3 is 2.24 bits per heavy atom. The van der Waals surface area contributed by atoms with E-state index in [-0.39, 0.29) is 5.91 Å². The summed E-state index contributed by atoms with van der Waals surface area (Å²) in [6, 6.07) is 13.6. The molecule has 1 unspecified atom stereocenters. The second-order valence-electron chi connectivity index (χ2n) is 4.97. The van der Waals surface area contributed by atoms with Crippen LogP contribution in [0.1, 0.15) is 18.1 Å². The quantitative estimate of drug-likeness (QED) is 0.784. The average molecular weight is 395 g/mol. The summed E-state index contributed by atoms with van der Waals surface area (Å²) in [5.41, 5.74) is 2.95. The van der Waals surface area contributed by atoms with Gasteiger partial charge in [0.2, 0.25) is 0 Å². The number of hydrogen-bond donors (Lipinski definition) is 1. The lowest BCUT2D eigenvalue weighted by Gasteiger charge is -2.17. The molecule has 0 bridgehead atoms. The van der Waals surface area contributed by atoms with Crippen LogP contribution in [0.4, 0.5) is 5.69 Å². The van der Waals surface area contributed by atoms with Crippen molar-refractivity contribution in [3.63, 3.8) is 0 Å². The molecule has 0 heterocycles. The molecule has 0 aliphatic rings. The number of rotatable bonds is 4. The summed E-state index contributed by atoms with van der Waals surface area (Å²) >= 11 is 2.23. The van der Waals surface area contributed by atoms with Crippen molar-refractivity contribution >= 4 is 34.2 Å². The molecular weight excluding hydrogens is 377 g/mol. The van der Waals surface area contributed by atoms with Crippen molar-refractivity contribution in [1.29, 1.82) is 0 Å². The van der Waals surface area contributed by atoms with Gasteiger partial charge >= 0.3 is 0 Å². The Morgan fingerprint density at radius 2 is 1.67 bits per heavy atom. The maximum Gasteiger partial charge on any atom is 0.265 e. The highest BCUT2D eigenvalue weighted by Gasteiger charge is 2.16. The molecule has 0 aromatic heterocycles. The van der Waals surface area contributed by atoms with E-state index in [1.165, 1.54) is 0 Å². The maximum atomic E-state index is 12.3. The number of carbonyl (C=O) groups excluding carboxylic acids is 1. The zero-order valence-corrected chi connectivity index (χ0v) is 14.5. The molecule has 1 N–H and O–H groups in total. The molecule has 4 heteroatoms. The Balaban J connectivity index is 2.04. The molecule has 0 aliphatic carbocycles. The van der Waals surface area contributed by atoms with Crippen LogP contribution in [0, 0.1) is 17.4 Å². The molecule has 2 rings (SSSR count). The summed E-state index contributed by atoms with van der Waals surface area (Å²) < 4.78 is 6.80. The zero-order chi connectivity index (χ0) is 15.4. The van der Waals surface area contributed by atoms with Crippen molar-refractivity contribution in [3.05, 3.63) is 57.2 Å². The molecule has 110 valence electrons. The summed E-state index contributed by atoms with van der Waals surface area (Å²) in [5.74, 6) is 0.547. The van der Waals surface area contributed by atoms with Crippen LogP contribution in [0.2, 0.25) is 0 Å². The number of para-hydroxylation sites is 1. The highest BCUT2D eigenvalue weighted by molar-refractivity contribution is 14.1. The summed E-state index contributed by atoms with van der Waals surface area (Å²) in [6.07, 6.45) is -0.552. The number of halogens is 1. The Labute approximate surface area is 138 Å². The number of aryl methyl sites for hydroxylation is 2. The second kappa shape index (κ2) is 6.93. The number of anilines is 1. The van der Waals surface area contributed by atoms with Crippen LogP contribution in [-0.4, -0.2) is 12.0 Å². The van der Waals surface area contributed by atoms with Gasteiger partial charge in [0.05, 0.1) is 0 Å². The Morgan fingerprint density at radius 1 is 1.10 bits per heavy atom. The van der Waals surface area contributed by atoms with E-state index < -0.39 is 6.10 Å². The van der Waals surface area contributed by atoms with Crippen molar-refractivity contribution < 1.29 is 9.53 Å². The first-order valence-corrected chi connectivity index (χ1v) is 7.84. The summed E-state index contributed by atoms with van der Waals surface area (Å²) in [5, 5.41) is 2.94. The normalized spacial score (nSPS) is 11.8. The molecule has 0 fully saturated rings. The Bertz CT molecular complexity index is 617. The molecule has 0 radical (unpaired) electrons. The standard InChI is InChI=1S/C17H18INO2/c1-11-5-4-6-12(2)16(11)19-17(20)13(3)21-15-9-7-14(18)8-10-15/h4-10,13H,1-3H3,(H,19,20). The van der Waals surface area contributed by atoms with Gasteiger partial charge in [0.1, 0.15) is 5.75 Å². The van der Waals surface area contributed by atoms with Crippen LogP contribution in [-0.2, 0) is 4.79 Å². The average Bonchev–Trinajstić information content (AvgIpc) is 2.45. The third-order valence-corrected chi connectivity index (χ3v) is 3.94. The van der Waals surface area contributed by atoms with Crippen LogP contribution in [0.15, 0.2) is 42.5 Å². The fourth-order valence-electron chi connectivity index (χ4n) is 2.01. The predicted octanol–water partition coefficient (Wildman–Crippen LogP) is 4.31. The van der Waals surface area contributed by atoms with Gasteiger partial charge in [-0.1, -0.05) is 18.2 Å². The smallest absolute Gasteiger partial charge is 0.265 e. The van der Waals surface area contributed by atoms with Gasteiger partial charge in [-0.05, 0) is 78.8 Å². The number of nitrogens with one attached hydrogen (secondary N) is 1. The van der Waals surface area contributed by atoms with Gasteiger partial charge in [-0.3, -0.25) is 4.79 Å². The second-order valence-corrected chi connectivity index (χ2v) is 6.22. The fourth-order valence-corrected chi connectivity index (χ4v) is 2.37. The first kappa shape index (κ1) is 15.8. The largest absolute Gasteiger partial charge is 0.481 e. The minimum absolute atomic E-state index is 0.147. The summed E-state index contributed by atoms with van der Waals surface area (Å²) in [6.45, 7) is 5.71. The molecule has 1 amide bonds. The predicted molar refractivity (Wildman–Crippen MR) is 93.8 cm³/mol. The molecule has 21 heavy (non-hydrogen) atoms. The van der Waals surface area contributed by atoms with E-state index in [1.54, 1.807) is 6.92 Å². The first-order chi connectivity index (χ1) is 9.97. The molecule has 2 aromatic carbocycles. The van der Waals surface area contributed by atoms with E-state index in [0.29, 0.717) is 5.75 Å². The number of hydrogen-bond acceptors (Lipinski definition) is 2. The number of benzene rings is 2. The minimum atomic E-state index is -0.552. The number of carbonyl (C=O) groups is 1. The van der Waals surface area contributed by atoms with Crippen LogP contribution >= 0.6 is 22.6 Å². The van der Waals surface area contributed by atoms with Crippen LogP contribution in [0.3, 0.4) is 0 Å². The van der Waals surface area contributed by atoms with Crippen LogP contribution in [0.25, 0.3) is 0 Å². The topological polar surface area (TPSA) is 38.3 Å². The Hall–Kier alpha value is -1.56. The van der Waals surface area contributed by atoms with Gasteiger partial charge in [0.25, 0.3) is 5.91 Å². The van der Waals surface area contributed by atoms with E-state index in [1.807, 2.05) is 56.3 Å². The molecule has 1 atom stereocenters. The van der Waals surface area contributed by atoms with Gasteiger partial charge in [0.15, 0.2) is 6.10 Å². The van der Waals surface area contributed by atoms with E-state index >= 15 is 0 Å². The lowest BCUT2D eigenvalue weighted by Crippen LogP contribution is -2.30. The van der Waals surface area contributed by atoms with Crippen LogP contribution < -0.4 is 10.1 Å². The number of ether oxygens (including phenoxy) is 1. The van der Waals surface area contributed by atoms with E-state index in [0.717, 1.165) is 20.4 Å². The highest BCUT2D eigenvalue weighted by Crippen LogP contribution is 2.20. The van der Waals surface area contributed by atoms with Gasteiger partial charge in [0, 0.05) is 9.26 Å². The van der Waals surface area contributed by atoms with Gasteiger partial charge in [-0.2, -0.15) is 0 Å². The Kier molecular flexibility index (Phi) is 5.22. The molecule has 2 aromatic rings. The van der Waals surface area contributed by atoms with Crippen molar-refractivity contribution in [2.24, 2.45) is 0 Å². The molecule has 3 nitrogen and oxygen atoms in total. The third-order valence-electron chi connectivity index (χ3n) is 3.23. The number of amides is 1. The van der Waals surface area contributed by atoms with E-state index in [9.17, 15) is 4.79 Å². The monoisotopic (exact) mass is 395 g/mol. The summed E-state index contributed by atoms with van der Waals surface area (Å²) in [4.78, 5) is 12.3. The summed E-state index contributed by atoms with van der Waals surface area (Å²) in [7, 11) is 0. The van der Waals surface area contributed by atoms with Crippen molar-refractivity contribution in [3.8, 4) is 5.75 Å². The lowest BCUT2D eigenvalue weighted by atomic mass is 10.1. The van der Waals surface area contributed by atoms with E-state index in [2.05, 4.69) is 27.9 Å². The first-order valence-electron chi connectivity index (χ1n) is 6.76. The maximum absolute atomic E-state index is 12.3. The molecule has 0 aliphatic heterocycles. The molecule has 0 saturated carbocycles. The fraction of sp³-hybridized carbons (Fsp3) is 0.235. The molecule has 0 spiro atoms. The van der Waals surface area contributed by atoms with Gasteiger partial charge < -0.3 is 10.1 Å². The minimum Gasteiger partial charge on any atom is -0.481 e. The van der Waals surface area contributed by atoms with Crippen LogP contribution in [0.5, 0.6) is 5.75 Å². The van der Waals surface area contributed by atoms with Crippen molar-refractivity contribution in [2.45, 2.75) is 26.9 Å². The van der Waals surface area contributed by atoms with Gasteiger partial charge in [-0.25, -0.2) is 0 Å². The highest BCUT2D eigenvalue weighted by atomic mass is 127. The molecular formula is C17H18INO2. The van der Waals surface area contributed by atoms with Crippen molar-refractivity contribution in [1.82, 2.24) is 0 Å². The van der Waals surface area contributed by atoms with Gasteiger partial charge in [-0.15, -0.1) is 0 Å². The van der Waals surface area contributed by atoms with E-state index in [4.69, 9.17) is 4.74 Å². The van der Waals surface area contributed by atoms with Crippen molar-refractivity contribution in [2.75, 3.05) is 5.32 Å². The SMILES string of the molecule is Cc1cccc(C)c1NC(=O)C(C)Oc1ccc(I)cc1. The zero-order valence-electron chi connectivity index (χ0n) is 12.3.